The number of likely N-dealkylation sites (N-methyl/N-ethyl adjacent to an activating group) is 1. The first-order valence-electron chi connectivity index (χ1n) is 5.14. The summed E-state index contributed by atoms with van der Waals surface area (Å²) in [7, 11) is 5.74. The van der Waals surface area contributed by atoms with Crippen molar-refractivity contribution in [3.63, 3.8) is 0 Å². The molecule has 0 spiro atoms. The second-order valence-corrected chi connectivity index (χ2v) is 4.25. The lowest BCUT2D eigenvalue weighted by molar-refractivity contribution is 0.209. The molecule has 0 heterocycles. The number of hydrogen-bond donors (Lipinski definition) is 2. The molecule has 0 radical (unpaired) electrons. The maximum atomic E-state index is 13.9. The highest BCUT2D eigenvalue weighted by Gasteiger charge is 2.35. The van der Waals surface area contributed by atoms with Crippen molar-refractivity contribution in [3.8, 4) is 0 Å². The Morgan fingerprint density at radius 3 is 2.73 bits per heavy atom. The smallest absolute Gasteiger partial charge is 0.142 e. The molecule has 0 aromatic heterocycles. The lowest BCUT2D eigenvalue weighted by Gasteiger charge is -2.35. The van der Waals surface area contributed by atoms with E-state index in [1.54, 1.807) is 13.1 Å². The topological polar surface area (TPSA) is 41.3 Å². The van der Waals surface area contributed by atoms with Crippen LogP contribution in [-0.2, 0) is 0 Å². The summed E-state index contributed by atoms with van der Waals surface area (Å²) in [6.45, 7) is 0.833. The second kappa shape index (κ2) is 4.77. The first-order valence-corrected chi connectivity index (χ1v) is 5.14. The van der Waals surface area contributed by atoms with Gasteiger partial charge in [0, 0.05) is 5.70 Å². The fraction of sp³-hybridized carbons (Fsp3) is 0.636. The maximum Gasteiger partial charge on any atom is 0.142 e. The molecule has 3 nitrogen and oxygen atoms in total. The monoisotopic (exact) mass is 213 g/mol. The van der Waals surface area contributed by atoms with E-state index in [9.17, 15) is 4.39 Å². The number of nitrogens with one attached hydrogen (secondary N) is 1. The molecule has 4 heteroatoms. The van der Waals surface area contributed by atoms with E-state index >= 15 is 0 Å². The average Bonchev–Trinajstić information content (AvgIpc) is 2.17. The molecule has 86 valence electrons. The van der Waals surface area contributed by atoms with Crippen molar-refractivity contribution in [3.05, 3.63) is 23.9 Å². The van der Waals surface area contributed by atoms with Crippen LogP contribution in [0.25, 0.3) is 0 Å². The van der Waals surface area contributed by atoms with Crippen molar-refractivity contribution in [2.75, 3.05) is 27.7 Å². The molecular formula is C11H20FN3. The van der Waals surface area contributed by atoms with E-state index in [1.807, 2.05) is 25.1 Å². The summed E-state index contributed by atoms with van der Waals surface area (Å²) in [5.74, 6) is 0. The SMILES string of the molecule is CNC1(CCN(C)C)C=CC(N)=CC1F. The van der Waals surface area contributed by atoms with E-state index in [0.29, 0.717) is 5.70 Å². The molecule has 1 aliphatic rings. The predicted octanol–water partition coefficient (Wildman–Crippen LogP) is 0.647. The van der Waals surface area contributed by atoms with Crippen LogP contribution in [-0.4, -0.2) is 44.3 Å². The molecule has 0 aromatic rings. The van der Waals surface area contributed by atoms with Crippen LogP contribution in [0.2, 0.25) is 0 Å². The summed E-state index contributed by atoms with van der Waals surface area (Å²) in [5.41, 5.74) is 5.45. The van der Waals surface area contributed by atoms with Crippen molar-refractivity contribution in [2.45, 2.75) is 18.1 Å². The lowest BCUT2D eigenvalue weighted by Crippen LogP contribution is -2.51. The highest BCUT2D eigenvalue weighted by molar-refractivity contribution is 5.31. The van der Waals surface area contributed by atoms with Crippen molar-refractivity contribution >= 4 is 0 Å². The number of allylic oxidation sites excluding steroid dienone is 1. The summed E-state index contributed by atoms with van der Waals surface area (Å²) in [5, 5.41) is 3.05. The van der Waals surface area contributed by atoms with Crippen molar-refractivity contribution in [1.82, 2.24) is 10.2 Å². The van der Waals surface area contributed by atoms with Gasteiger partial charge in [0.2, 0.25) is 0 Å². The van der Waals surface area contributed by atoms with Gasteiger partial charge in [0.25, 0.3) is 0 Å². The van der Waals surface area contributed by atoms with Gasteiger partial charge in [0.15, 0.2) is 0 Å². The molecule has 0 saturated carbocycles. The Labute approximate surface area is 90.8 Å². The van der Waals surface area contributed by atoms with Crippen LogP contribution in [0, 0.1) is 0 Å². The Kier molecular flexibility index (Phi) is 3.88. The zero-order valence-electron chi connectivity index (χ0n) is 9.63. The van der Waals surface area contributed by atoms with Crippen LogP contribution in [0.4, 0.5) is 4.39 Å². The summed E-state index contributed by atoms with van der Waals surface area (Å²) in [6.07, 6.45) is 4.72. The van der Waals surface area contributed by atoms with Crippen LogP contribution in [0.3, 0.4) is 0 Å². The number of halogens is 1. The van der Waals surface area contributed by atoms with Crippen LogP contribution in [0.15, 0.2) is 23.9 Å². The van der Waals surface area contributed by atoms with Crippen LogP contribution in [0.1, 0.15) is 6.42 Å². The fourth-order valence-electron chi connectivity index (χ4n) is 1.69. The molecule has 2 unspecified atom stereocenters. The zero-order chi connectivity index (χ0) is 11.5. The van der Waals surface area contributed by atoms with E-state index in [2.05, 4.69) is 5.32 Å². The normalized spacial score (nSPS) is 30.7. The molecule has 1 aliphatic carbocycles. The molecule has 0 aromatic carbocycles. The Morgan fingerprint density at radius 2 is 2.27 bits per heavy atom. The largest absolute Gasteiger partial charge is 0.399 e. The molecule has 0 bridgehead atoms. The van der Waals surface area contributed by atoms with Gasteiger partial charge >= 0.3 is 0 Å². The number of rotatable bonds is 4. The third kappa shape index (κ3) is 2.79. The molecule has 0 saturated heterocycles. The lowest BCUT2D eigenvalue weighted by atomic mass is 9.85. The highest BCUT2D eigenvalue weighted by atomic mass is 19.1. The third-order valence-corrected chi connectivity index (χ3v) is 2.84. The van der Waals surface area contributed by atoms with E-state index in [4.69, 9.17) is 5.73 Å². The van der Waals surface area contributed by atoms with Gasteiger partial charge in [-0.2, -0.15) is 0 Å². The first-order chi connectivity index (χ1) is 7.00. The third-order valence-electron chi connectivity index (χ3n) is 2.84. The molecular weight excluding hydrogens is 193 g/mol. The summed E-state index contributed by atoms with van der Waals surface area (Å²) < 4.78 is 13.9. The minimum Gasteiger partial charge on any atom is -0.399 e. The average molecular weight is 213 g/mol. The van der Waals surface area contributed by atoms with Gasteiger partial charge in [-0.1, -0.05) is 6.08 Å². The Bertz CT molecular complexity index is 273. The van der Waals surface area contributed by atoms with E-state index in [1.165, 1.54) is 6.08 Å². The Hall–Kier alpha value is -0.870. The number of alkyl halides is 1. The Morgan fingerprint density at radius 1 is 1.60 bits per heavy atom. The number of nitrogens with two attached hydrogens (primary N) is 1. The summed E-state index contributed by atoms with van der Waals surface area (Å²) in [4.78, 5) is 2.04. The van der Waals surface area contributed by atoms with Gasteiger partial charge < -0.3 is 16.0 Å². The van der Waals surface area contributed by atoms with E-state index in [-0.39, 0.29) is 0 Å². The van der Waals surface area contributed by atoms with Crippen molar-refractivity contribution in [1.29, 1.82) is 0 Å². The quantitative estimate of drug-likeness (QED) is 0.720. The molecule has 1 rings (SSSR count). The van der Waals surface area contributed by atoms with Crippen LogP contribution < -0.4 is 11.1 Å². The minimum atomic E-state index is -1.06. The minimum absolute atomic E-state index is 0.498. The molecule has 15 heavy (non-hydrogen) atoms. The molecule has 0 aliphatic heterocycles. The van der Waals surface area contributed by atoms with Gasteiger partial charge in [-0.15, -0.1) is 0 Å². The highest BCUT2D eigenvalue weighted by Crippen LogP contribution is 2.26. The van der Waals surface area contributed by atoms with Gasteiger partial charge in [0.05, 0.1) is 5.54 Å². The fourth-order valence-corrected chi connectivity index (χ4v) is 1.69. The van der Waals surface area contributed by atoms with Crippen molar-refractivity contribution in [2.24, 2.45) is 5.73 Å². The van der Waals surface area contributed by atoms with E-state index in [0.717, 1.165) is 13.0 Å². The summed E-state index contributed by atoms with van der Waals surface area (Å²) >= 11 is 0. The first kappa shape index (κ1) is 12.2. The summed E-state index contributed by atoms with van der Waals surface area (Å²) in [6, 6.07) is 0. The molecule has 0 amide bonds. The predicted molar refractivity (Wildman–Crippen MR) is 61.3 cm³/mol. The van der Waals surface area contributed by atoms with Gasteiger partial charge in [-0.3, -0.25) is 0 Å². The Balaban J connectivity index is 2.73. The van der Waals surface area contributed by atoms with Crippen LogP contribution in [0.5, 0.6) is 0 Å². The van der Waals surface area contributed by atoms with Crippen molar-refractivity contribution < 1.29 is 4.39 Å². The maximum absolute atomic E-state index is 13.9. The van der Waals surface area contributed by atoms with Gasteiger partial charge in [-0.25, -0.2) is 4.39 Å². The van der Waals surface area contributed by atoms with Crippen LogP contribution >= 0.6 is 0 Å². The molecule has 2 atom stereocenters. The standard InChI is InChI=1S/C11H20FN3/c1-14-11(6-7-15(2)3)5-4-9(13)8-10(11)12/h4-5,8,10,14H,6-7,13H2,1-3H3. The van der Waals surface area contributed by atoms with E-state index < -0.39 is 11.7 Å². The van der Waals surface area contributed by atoms with Gasteiger partial charge in [0.1, 0.15) is 6.17 Å². The second-order valence-electron chi connectivity index (χ2n) is 4.25. The molecule has 3 N–H and O–H groups in total. The number of nitrogens with zero attached hydrogens (tertiary/aromatic N) is 1. The molecule has 0 fully saturated rings. The van der Waals surface area contributed by atoms with Gasteiger partial charge in [-0.05, 0) is 46.3 Å². The number of hydrogen-bond acceptors (Lipinski definition) is 3. The zero-order valence-corrected chi connectivity index (χ0v) is 9.63.